The van der Waals surface area contributed by atoms with Crippen molar-refractivity contribution in [3.63, 3.8) is 0 Å². The Kier molecular flexibility index (Phi) is 4.29. The first-order valence-electron chi connectivity index (χ1n) is 6.72. The molecule has 0 fully saturated rings. The number of nitro benzene ring substituents is 1. The molecule has 0 atom stereocenters. The van der Waals surface area contributed by atoms with Gasteiger partial charge < -0.3 is 0 Å². The second kappa shape index (κ2) is 6.53. The highest BCUT2D eigenvalue weighted by Crippen LogP contribution is 2.21. The molecular weight excluding hydrogens is 360 g/mol. The highest BCUT2D eigenvalue weighted by atomic mass is 79.9. The zero-order valence-electron chi connectivity index (χ0n) is 11.8. The van der Waals surface area contributed by atoms with Crippen molar-refractivity contribution in [1.29, 1.82) is 0 Å². The number of nitro groups is 1. The summed E-state index contributed by atoms with van der Waals surface area (Å²) in [4.78, 5) is 12.0. The van der Waals surface area contributed by atoms with Crippen LogP contribution in [0.2, 0.25) is 0 Å². The molecule has 0 N–H and O–H groups in total. The van der Waals surface area contributed by atoms with Gasteiger partial charge in [0.2, 0.25) is 0 Å². The van der Waals surface area contributed by atoms with E-state index in [0.29, 0.717) is 5.69 Å². The van der Waals surface area contributed by atoms with E-state index >= 15 is 0 Å². The summed E-state index contributed by atoms with van der Waals surface area (Å²) in [5.74, 6) is 0. The first-order valence-corrected chi connectivity index (χ1v) is 7.63. The Morgan fingerprint density at radius 1 is 1.09 bits per heavy atom. The van der Waals surface area contributed by atoms with Crippen LogP contribution in [0.15, 0.2) is 59.7 Å². The van der Waals surface area contributed by atoms with Crippen molar-refractivity contribution in [2.75, 3.05) is 0 Å². The van der Waals surface area contributed by atoms with E-state index in [4.69, 9.17) is 0 Å². The van der Waals surface area contributed by atoms with Crippen molar-refractivity contribution in [2.45, 2.75) is 0 Å². The van der Waals surface area contributed by atoms with Crippen LogP contribution in [0.1, 0.15) is 5.56 Å². The summed E-state index contributed by atoms with van der Waals surface area (Å²) in [5.41, 5.74) is 3.44. The third-order valence-electron chi connectivity index (χ3n) is 3.28. The molecule has 0 saturated heterocycles. The van der Waals surface area contributed by atoms with E-state index in [1.807, 2.05) is 30.3 Å². The Bertz CT molecular complexity index is 855. The summed E-state index contributed by atoms with van der Waals surface area (Å²) in [6.07, 6.45) is 3.73. The Balaban J connectivity index is 1.86. The number of halogens is 1. The Morgan fingerprint density at radius 2 is 1.78 bits per heavy atom. The first kappa shape index (κ1) is 15.1. The maximum Gasteiger partial charge on any atom is 0.269 e. The summed E-state index contributed by atoms with van der Waals surface area (Å²) >= 11 is 3.24. The zero-order valence-corrected chi connectivity index (χ0v) is 13.4. The fourth-order valence-corrected chi connectivity index (χ4v) is 2.39. The molecular formula is C16H11BrN4O2. The van der Waals surface area contributed by atoms with Gasteiger partial charge in [0, 0.05) is 17.7 Å². The molecule has 1 aromatic heterocycles. The van der Waals surface area contributed by atoms with Crippen LogP contribution in [0.3, 0.4) is 0 Å². The lowest BCUT2D eigenvalue weighted by molar-refractivity contribution is -0.384. The normalized spacial score (nSPS) is 11.0. The summed E-state index contributed by atoms with van der Waals surface area (Å²) in [7, 11) is 0. The van der Waals surface area contributed by atoms with Crippen molar-refractivity contribution < 1.29 is 4.92 Å². The van der Waals surface area contributed by atoms with Crippen molar-refractivity contribution in [2.24, 2.45) is 0 Å². The minimum atomic E-state index is -0.427. The molecule has 0 aliphatic heterocycles. The summed E-state index contributed by atoms with van der Waals surface area (Å²) in [6, 6.07) is 14.1. The predicted molar refractivity (Wildman–Crippen MR) is 91.4 cm³/mol. The maximum absolute atomic E-state index is 10.7. The van der Waals surface area contributed by atoms with Gasteiger partial charge in [0.05, 0.1) is 16.8 Å². The van der Waals surface area contributed by atoms with E-state index in [-0.39, 0.29) is 5.69 Å². The smallest absolute Gasteiger partial charge is 0.258 e. The van der Waals surface area contributed by atoms with E-state index in [9.17, 15) is 10.1 Å². The lowest BCUT2D eigenvalue weighted by Gasteiger charge is -2.00. The molecule has 114 valence electrons. The Hall–Kier alpha value is -2.80. The molecule has 1 heterocycles. The van der Waals surface area contributed by atoms with Crippen LogP contribution >= 0.6 is 15.9 Å². The van der Waals surface area contributed by atoms with Gasteiger partial charge in [-0.05, 0) is 40.9 Å². The second-order valence-corrected chi connectivity index (χ2v) is 5.27. The molecule has 23 heavy (non-hydrogen) atoms. The third kappa shape index (κ3) is 3.35. The molecule has 0 unspecified atom stereocenters. The Morgan fingerprint density at radius 3 is 2.39 bits per heavy atom. The number of benzene rings is 2. The monoisotopic (exact) mass is 370 g/mol. The van der Waals surface area contributed by atoms with Gasteiger partial charge >= 0.3 is 0 Å². The summed E-state index contributed by atoms with van der Waals surface area (Å²) in [6.45, 7) is 0. The topological polar surface area (TPSA) is 73.8 Å². The van der Waals surface area contributed by atoms with E-state index in [1.165, 1.54) is 12.1 Å². The molecule has 0 bridgehead atoms. The maximum atomic E-state index is 10.7. The Labute approximate surface area is 140 Å². The standard InChI is InChI=1S/C16H11BrN4O2/c17-10-9-12-1-5-14(6-2-12)20-11-16(18-19-20)13-3-7-15(8-4-13)21(22)23/h1-11H/b10-9+. The number of nitrogens with zero attached hydrogens (tertiary/aromatic N) is 4. The van der Waals surface area contributed by atoms with Crippen LogP contribution in [0, 0.1) is 10.1 Å². The van der Waals surface area contributed by atoms with Crippen LogP contribution in [-0.2, 0) is 0 Å². The van der Waals surface area contributed by atoms with Crippen molar-refractivity contribution in [3.8, 4) is 16.9 Å². The van der Waals surface area contributed by atoms with Gasteiger partial charge in [0.25, 0.3) is 5.69 Å². The number of hydrogen-bond acceptors (Lipinski definition) is 4. The van der Waals surface area contributed by atoms with Crippen LogP contribution in [-0.4, -0.2) is 19.9 Å². The van der Waals surface area contributed by atoms with Gasteiger partial charge in [0.1, 0.15) is 5.69 Å². The number of rotatable bonds is 4. The molecule has 3 rings (SSSR count). The summed E-state index contributed by atoms with van der Waals surface area (Å²) in [5, 5.41) is 18.9. The third-order valence-corrected chi connectivity index (χ3v) is 3.54. The van der Waals surface area contributed by atoms with Gasteiger partial charge in [0.15, 0.2) is 0 Å². The first-order chi connectivity index (χ1) is 11.2. The molecule has 7 heteroatoms. The van der Waals surface area contributed by atoms with Crippen molar-refractivity contribution in [3.05, 3.63) is 75.4 Å². The number of aromatic nitrogens is 3. The van der Waals surface area contributed by atoms with Gasteiger partial charge in [-0.25, -0.2) is 4.68 Å². The molecule has 0 spiro atoms. The predicted octanol–water partition coefficient (Wildman–Crippen LogP) is 4.21. The SMILES string of the molecule is O=[N+]([O-])c1ccc(-c2cn(-c3ccc(/C=C/Br)cc3)nn2)cc1. The van der Waals surface area contributed by atoms with Gasteiger partial charge in [-0.2, -0.15) is 0 Å². The number of non-ortho nitro benzene ring substituents is 1. The van der Waals surface area contributed by atoms with E-state index < -0.39 is 4.92 Å². The van der Waals surface area contributed by atoms with E-state index in [0.717, 1.165) is 16.8 Å². The zero-order chi connectivity index (χ0) is 16.2. The van der Waals surface area contributed by atoms with Crippen molar-refractivity contribution >= 4 is 27.7 Å². The van der Waals surface area contributed by atoms with E-state index in [1.54, 1.807) is 28.0 Å². The molecule has 0 saturated carbocycles. The summed E-state index contributed by atoms with van der Waals surface area (Å²) < 4.78 is 1.67. The lowest BCUT2D eigenvalue weighted by Crippen LogP contribution is -1.94. The highest BCUT2D eigenvalue weighted by molar-refractivity contribution is 9.11. The van der Waals surface area contributed by atoms with Crippen LogP contribution in [0.25, 0.3) is 23.0 Å². The van der Waals surface area contributed by atoms with Crippen molar-refractivity contribution in [1.82, 2.24) is 15.0 Å². The van der Waals surface area contributed by atoms with Gasteiger partial charge in [-0.3, -0.25) is 10.1 Å². The second-order valence-electron chi connectivity index (χ2n) is 4.74. The van der Waals surface area contributed by atoms with E-state index in [2.05, 4.69) is 26.2 Å². The molecule has 0 aliphatic rings. The van der Waals surface area contributed by atoms with Gasteiger partial charge in [-0.15, -0.1) is 5.10 Å². The molecule has 3 aromatic rings. The molecule has 0 amide bonds. The lowest BCUT2D eigenvalue weighted by atomic mass is 10.1. The minimum absolute atomic E-state index is 0.0524. The van der Waals surface area contributed by atoms with Crippen LogP contribution in [0.4, 0.5) is 5.69 Å². The van der Waals surface area contributed by atoms with Gasteiger partial charge in [-0.1, -0.05) is 33.3 Å². The largest absolute Gasteiger partial charge is 0.269 e. The fraction of sp³-hybridized carbons (Fsp3) is 0. The average molecular weight is 371 g/mol. The minimum Gasteiger partial charge on any atom is -0.258 e. The molecule has 0 aliphatic carbocycles. The average Bonchev–Trinajstić information content (AvgIpc) is 3.06. The number of hydrogen-bond donors (Lipinski definition) is 0. The van der Waals surface area contributed by atoms with Crippen LogP contribution in [0.5, 0.6) is 0 Å². The molecule has 0 radical (unpaired) electrons. The molecule has 6 nitrogen and oxygen atoms in total. The highest BCUT2D eigenvalue weighted by Gasteiger charge is 2.08. The van der Waals surface area contributed by atoms with Crippen LogP contribution < -0.4 is 0 Å². The quantitative estimate of drug-likeness (QED) is 0.509. The fourth-order valence-electron chi connectivity index (χ4n) is 2.09. The molecule has 2 aromatic carbocycles.